The Morgan fingerprint density at radius 2 is 1.87 bits per heavy atom. The van der Waals surface area contributed by atoms with Crippen LogP contribution >= 0.6 is 11.3 Å². The van der Waals surface area contributed by atoms with Gasteiger partial charge in [-0.1, -0.05) is 18.2 Å². The quantitative estimate of drug-likeness (QED) is 0.531. The van der Waals surface area contributed by atoms with E-state index >= 15 is 0 Å². The Morgan fingerprint density at radius 3 is 2.52 bits per heavy atom. The van der Waals surface area contributed by atoms with E-state index in [1.807, 2.05) is 43.4 Å². The fourth-order valence-corrected chi connectivity index (χ4v) is 5.07. The molecule has 0 radical (unpaired) electrons. The summed E-state index contributed by atoms with van der Waals surface area (Å²) in [5.41, 5.74) is 3.62. The van der Waals surface area contributed by atoms with E-state index in [1.54, 1.807) is 42.5 Å². The van der Waals surface area contributed by atoms with Crippen LogP contribution in [-0.2, 0) is 10.0 Å². The van der Waals surface area contributed by atoms with Gasteiger partial charge in [-0.2, -0.15) is 11.3 Å². The Bertz CT molecular complexity index is 1160. The summed E-state index contributed by atoms with van der Waals surface area (Å²) in [6.07, 6.45) is 0. The zero-order valence-electron chi connectivity index (χ0n) is 18.0. The van der Waals surface area contributed by atoms with E-state index in [1.165, 1.54) is 12.1 Å². The molecule has 0 saturated heterocycles. The third kappa shape index (κ3) is 5.72. The molecule has 1 unspecified atom stereocenters. The molecular weight excluding hydrogens is 430 g/mol. The molecule has 1 amide bonds. The SMILES string of the molecule is Cc1cccc(NS(=O)(=O)c2ccc(C)c(C(=O)NCC(c3ccsc3)N(C)C)c2)c1. The fraction of sp³-hybridized carbons (Fsp3) is 0.261. The van der Waals surface area contributed by atoms with Crippen LogP contribution in [0.1, 0.15) is 33.1 Å². The van der Waals surface area contributed by atoms with Gasteiger partial charge in [0.05, 0.1) is 10.9 Å². The minimum absolute atomic E-state index is 0.0328. The molecule has 8 heteroatoms. The number of benzene rings is 2. The van der Waals surface area contributed by atoms with Crippen molar-refractivity contribution >= 4 is 33.0 Å². The van der Waals surface area contributed by atoms with Gasteiger partial charge in [0.25, 0.3) is 15.9 Å². The average molecular weight is 458 g/mol. The zero-order chi connectivity index (χ0) is 22.6. The maximum atomic E-state index is 12.9. The van der Waals surface area contributed by atoms with E-state index in [2.05, 4.69) is 15.4 Å². The molecule has 1 heterocycles. The molecule has 3 rings (SSSR count). The van der Waals surface area contributed by atoms with Crippen molar-refractivity contribution in [3.05, 3.63) is 81.5 Å². The van der Waals surface area contributed by atoms with Crippen molar-refractivity contribution < 1.29 is 13.2 Å². The number of amides is 1. The number of hydrogen-bond donors (Lipinski definition) is 2. The molecule has 0 aliphatic rings. The molecule has 0 saturated carbocycles. The van der Waals surface area contributed by atoms with Crippen LogP contribution in [0, 0.1) is 13.8 Å². The van der Waals surface area contributed by atoms with Crippen molar-refractivity contribution in [2.75, 3.05) is 25.4 Å². The van der Waals surface area contributed by atoms with Crippen LogP contribution in [0.15, 0.2) is 64.2 Å². The number of thiophene rings is 1. The van der Waals surface area contributed by atoms with Crippen LogP contribution in [0.25, 0.3) is 0 Å². The van der Waals surface area contributed by atoms with Crippen LogP contribution in [-0.4, -0.2) is 39.9 Å². The number of rotatable bonds is 8. The first kappa shape index (κ1) is 23.0. The number of nitrogens with one attached hydrogen (secondary N) is 2. The Hall–Kier alpha value is -2.68. The van der Waals surface area contributed by atoms with E-state index in [-0.39, 0.29) is 16.8 Å². The average Bonchev–Trinajstić information content (AvgIpc) is 3.22. The van der Waals surface area contributed by atoms with Gasteiger partial charge in [0.15, 0.2) is 0 Å². The van der Waals surface area contributed by atoms with Crippen LogP contribution in [0.2, 0.25) is 0 Å². The standard InChI is InChI=1S/C23H27N3O3S2/c1-16-6-5-7-19(12-16)25-31(28,29)20-9-8-17(2)21(13-20)23(27)24-14-22(26(3)4)18-10-11-30-15-18/h5-13,15,22,25H,14H2,1-4H3,(H,24,27). The number of nitrogens with zero attached hydrogens (tertiary/aromatic N) is 1. The van der Waals surface area contributed by atoms with Gasteiger partial charge < -0.3 is 10.2 Å². The van der Waals surface area contributed by atoms with Crippen molar-refractivity contribution in [1.29, 1.82) is 0 Å². The lowest BCUT2D eigenvalue weighted by molar-refractivity contribution is 0.0941. The number of carbonyl (C=O) groups excluding carboxylic acids is 1. The molecular formula is C23H27N3O3S2. The molecule has 0 fully saturated rings. The lowest BCUT2D eigenvalue weighted by Gasteiger charge is -2.24. The highest BCUT2D eigenvalue weighted by molar-refractivity contribution is 7.92. The maximum absolute atomic E-state index is 12.9. The van der Waals surface area contributed by atoms with Gasteiger partial charge in [0, 0.05) is 17.8 Å². The highest BCUT2D eigenvalue weighted by atomic mass is 32.2. The van der Waals surface area contributed by atoms with Crippen LogP contribution in [0.3, 0.4) is 0 Å². The second-order valence-corrected chi connectivity index (χ2v) is 10.2. The largest absolute Gasteiger partial charge is 0.350 e. The van der Waals surface area contributed by atoms with E-state index in [0.717, 1.165) is 11.1 Å². The lowest BCUT2D eigenvalue weighted by atomic mass is 10.1. The van der Waals surface area contributed by atoms with Gasteiger partial charge in [-0.15, -0.1) is 0 Å². The molecule has 164 valence electrons. The topological polar surface area (TPSA) is 78.5 Å². The summed E-state index contributed by atoms with van der Waals surface area (Å²) < 4.78 is 28.3. The summed E-state index contributed by atoms with van der Waals surface area (Å²) in [6, 6.07) is 13.8. The van der Waals surface area contributed by atoms with Crippen LogP contribution in [0.4, 0.5) is 5.69 Å². The van der Waals surface area contributed by atoms with Crippen molar-refractivity contribution in [1.82, 2.24) is 10.2 Å². The smallest absolute Gasteiger partial charge is 0.261 e. The van der Waals surface area contributed by atoms with E-state index in [0.29, 0.717) is 23.4 Å². The van der Waals surface area contributed by atoms with Gasteiger partial charge in [-0.3, -0.25) is 9.52 Å². The van der Waals surface area contributed by atoms with Crippen molar-refractivity contribution in [3.63, 3.8) is 0 Å². The molecule has 1 aromatic heterocycles. The highest BCUT2D eigenvalue weighted by Gasteiger charge is 2.20. The highest BCUT2D eigenvalue weighted by Crippen LogP contribution is 2.22. The number of anilines is 1. The minimum Gasteiger partial charge on any atom is -0.350 e. The molecule has 31 heavy (non-hydrogen) atoms. The molecule has 6 nitrogen and oxygen atoms in total. The third-order valence-corrected chi connectivity index (χ3v) is 7.12. The normalized spacial score (nSPS) is 12.5. The number of sulfonamides is 1. The van der Waals surface area contributed by atoms with Gasteiger partial charge in [0.1, 0.15) is 0 Å². The summed E-state index contributed by atoms with van der Waals surface area (Å²) in [5.74, 6) is -0.299. The predicted octanol–water partition coefficient (Wildman–Crippen LogP) is 4.20. The van der Waals surface area contributed by atoms with Gasteiger partial charge in [-0.25, -0.2) is 8.42 Å². The van der Waals surface area contributed by atoms with E-state index in [9.17, 15) is 13.2 Å². The fourth-order valence-electron chi connectivity index (χ4n) is 3.28. The summed E-state index contributed by atoms with van der Waals surface area (Å²) in [4.78, 5) is 15.0. The summed E-state index contributed by atoms with van der Waals surface area (Å²) in [7, 11) is 0.105. The van der Waals surface area contributed by atoms with E-state index < -0.39 is 10.0 Å². The van der Waals surface area contributed by atoms with Crippen molar-refractivity contribution in [3.8, 4) is 0 Å². The first-order valence-corrected chi connectivity index (χ1v) is 12.3. The maximum Gasteiger partial charge on any atom is 0.261 e. The van der Waals surface area contributed by atoms with Crippen molar-refractivity contribution in [2.45, 2.75) is 24.8 Å². The van der Waals surface area contributed by atoms with Gasteiger partial charge >= 0.3 is 0 Å². The summed E-state index contributed by atoms with van der Waals surface area (Å²) in [6.45, 7) is 4.10. The second-order valence-electron chi connectivity index (χ2n) is 7.70. The molecule has 2 aromatic carbocycles. The third-order valence-electron chi connectivity index (χ3n) is 5.04. The Balaban J connectivity index is 1.79. The molecule has 2 N–H and O–H groups in total. The molecule has 0 aliphatic heterocycles. The van der Waals surface area contributed by atoms with Crippen molar-refractivity contribution in [2.24, 2.45) is 0 Å². The molecule has 1 atom stereocenters. The predicted molar refractivity (Wildman–Crippen MR) is 126 cm³/mol. The lowest BCUT2D eigenvalue weighted by Crippen LogP contribution is -2.34. The van der Waals surface area contributed by atoms with Gasteiger partial charge in [0.2, 0.25) is 0 Å². The van der Waals surface area contributed by atoms with Gasteiger partial charge in [-0.05, 0) is 85.7 Å². The number of aryl methyl sites for hydroxylation is 2. The van der Waals surface area contributed by atoms with Crippen LogP contribution < -0.4 is 10.0 Å². The summed E-state index contributed by atoms with van der Waals surface area (Å²) in [5, 5.41) is 7.02. The Labute approximate surface area is 188 Å². The Morgan fingerprint density at radius 1 is 1.10 bits per heavy atom. The van der Waals surface area contributed by atoms with E-state index in [4.69, 9.17) is 0 Å². The second kappa shape index (κ2) is 9.64. The minimum atomic E-state index is -3.82. The molecule has 3 aromatic rings. The number of carbonyl (C=O) groups is 1. The number of likely N-dealkylation sites (N-methyl/N-ethyl adjacent to an activating group) is 1. The Kier molecular flexibility index (Phi) is 7.15. The summed E-state index contributed by atoms with van der Waals surface area (Å²) >= 11 is 1.61. The van der Waals surface area contributed by atoms with Crippen LogP contribution in [0.5, 0.6) is 0 Å². The number of hydrogen-bond acceptors (Lipinski definition) is 5. The molecule has 0 bridgehead atoms. The zero-order valence-corrected chi connectivity index (χ0v) is 19.7. The molecule has 0 spiro atoms. The monoisotopic (exact) mass is 457 g/mol. The molecule has 0 aliphatic carbocycles. The first-order valence-electron chi connectivity index (χ1n) is 9.84. The first-order chi connectivity index (χ1) is 14.7.